The lowest BCUT2D eigenvalue weighted by Gasteiger charge is -2.28. The Balaban J connectivity index is 0.000000148. The number of hydrogen-bond donors (Lipinski definition) is 1. The number of carbonyl (C=O) groups excluding carboxylic acids is 2. The highest BCUT2D eigenvalue weighted by atomic mass is 79.9. The summed E-state index contributed by atoms with van der Waals surface area (Å²) < 4.78 is 28.1. The van der Waals surface area contributed by atoms with Gasteiger partial charge in [0.2, 0.25) is 0 Å². The number of para-hydroxylation sites is 4. The monoisotopic (exact) mass is 1590 g/mol. The largest absolute Gasteiger partial charge is 0.455 e. The molecule has 0 atom stereocenters. The summed E-state index contributed by atoms with van der Waals surface area (Å²) in [7, 11) is 0. The molecule has 550 valence electrons. The molecule has 9 nitrogen and oxygen atoms in total. The van der Waals surface area contributed by atoms with Gasteiger partial charge in [-0.05, 0) is 224 Å². The Hall–Kier alpha value is -12.0. The number of benzene rings is 14. The Morgan fingerprint density at radius 3 is 1.12 bits per heavy atom. The minimum atomic E-state index is -0.0541. The van der Waals surface area contributed by atoms with E-state index in [1.165, 1.54) is 22.3 Å². The van der Waals surface area contributed by atoms with E-state index in [9.17, 15) is 4.79 Å². The van der Waals surface area contributed by atoms with Gasteiger partial charge in [-0.25, -0.2) is 0 Å². The van der Waals surface area contributed by atoms with Crippen molar-refractivity contribution in [1.82, 2.24) is 0 Å². The predicted octanol–water partition coefficient (Wildman–Crippen LogP) is 30.1. The SMILES string of the molecule is Cc1cccc(N(c2ccc(C(C)(C)C)cc2)c2cc3c(c4c2oc2ccccc24)-c2c(cc(N(c4ccc(C(C)(C)C)cc4)c4cccc(C)c4)c4c2oc2ccccc24)C3=O)c1.Cc1cccc(Nc2ccc(C(C)(C)C)cc2)c1.O=C1c2cc(Br)c3c(oc4ccccc43)c2-c2c1cc(Br)c1oc3ccccc3c21. The van der Waals surface area contributed by atoms with E-state index in [0.717, 1.165) is 164 Å². The molecule has 0 unspecified atom stereocenters. The smallest absolute Gasteiger partial charge is 0.194 e. The molecule has 4 heterocycles. The number of fused-ring (bicyclic) bond motifs is 22. The zero-order valence-corrected chi connectivity index (χ0v) is 67.7. The van der Waals surface area contributed by atoms with Crippen LogP contribution in [0, 0.1) is 20.8 Å². The summed E-state index contributed by atoms with van der Waals surface area (Å²) in [6, 6.07) is 92.0. The van der Waals surface area contributed by atoms with E-state index in [-0.39, 0.29) is 27.8 Å². The second-order valence-corrected chi connectivity index (χ2v) is 34.5. The highest BCUT2D eigenvalue weighted by molar-refractivity contribution is 9.11. The summed E-state index contributed by atoms with van der Waals surface area (Å²) in [4.78, 5) is 33.6. The molecule has 0 radical (unpaired) electrons. The van der Waals surface area contributed by atoms with Crippen LogP contribution in [0.5, 0.6) is 0 Å². The summed E-state index contributed by atoms with van der Waals surface area (Å²) in [5.74, 6) is -0.0579. The zero-order chi connectivity index (χ0) is 77.6. The van der Waals surface area contributed by atoms with Crippen LogP contribution in [0.3, 0.4) is 0 Å². The molecule has 0 amide bonds. The summed E-state index contributed by atoms with van der Waals surface area (Å²) in [6.07, 6.45) is 0. The van der Waals surface area contributed by atoms with Gasteiger partial charge in [0.05, 0.1) is 21.2 Å². The molecule has 20 rings (SSSR count). The summed E-state index contributed by atoms with van der Waals surface area (Å²) >= 11 is 7.29. The average Bonchev–Trinajstić information content (AvgIpc) is 1.54. The first kappa shape index (κ1) is 71.6. The van der Waals surface area contributed by atoms with Gasteiger partial charge in [0.25, 0.3) is 0 Å². The van der Waals surface area contributed by atoms with E-state index < -0.39 is 0 Å². The Bertz CT molecular complexity index is 6890. The fraction of sp³-hybridized carbons (Fsp3) is 0.149. The zero-order valence-electron chi connectivity index (χ0n) is 64.5. The van der Waals surface area contributed by atoms with Crippen molar-refractivity contribution in [3.05, 3.63) is 332 Å². The molecule has 4 aromatic heterocycles. The van der Waals surface area contributed by atoms with Crippen molar-refractivity contribution in [3.63, 3.8) is 0 Å². The molecule has 0 aliphatic heterocycles. The molecule has 0 saturated heterocycles. The van der Waals surface area contributed by atoms with Gasteiger partial charge >= 0.3 is 0 Å². The normalized spacial score (nSPS) is 12.6. The number of carbonyl (C=O) groups is 2. The van der Waals surface area contributed by atoms with Crippen molar-refractivity contribution in [3.8, 4) is 22.3 Å². The standard InChI is InChI=1S/C59H50N2O3.C25H10Br2O3.C17H21N/c1-35-15-13-17-41(31-35)60(39-27-23-37(24-28-39)58(3,4)5)47-33-46-54(57-51(47)43-19-9-11-21-49(43)64-57)52-45(55(46)62)34-48(56-53(52)44-20-10-12-22-50(44)63-56)61(42-18-14-16-36(2)32-42)40-29-25-38(26-30-40)59(6,7)8;26-15-9-14-22(25-19(15)11-5-1-3-7-17(11)30-25)20-13(23(14)28)10-16(27)24-21(20)12-6-2-4-8-18(12)29-24;1-13-6-5-7-16(12-13)18-15-10-8-14(9-11-15)17(2,3)4/h9-34H,1-8H3;1-10H;5-12,18H,1-4H3. The fourth-order valence-corrected chi connectivity index (χ4v) is 17.5. The van der Waals surface area contributed by atoms with Crippen LogP contribution in [0.15, 0.2) is 294 Å². The Morgan fingerprint density at radius 2 is 0.652 bits per heavy atom. The average molecular weight is 1590 g/mol. The number of nitrogens with zero attached hydrogens (tertiary/aromatic N) is 2. The predicted molar refractivity (Wildman–Crippen MR) is 471 cm³/mol. The van der Waals surface area contributed by atoms with E-state index in [4.69, 9.17) is 17.7 Å². The van der Waals surface area contributed by atoms with Crippen LogP contribution in [0.4, 0.5) is 45.5 Å². The second kappa shape index (κ2) is 27.2. The molecule has 0 spiro atoms. The van der Waals surface area contributed by atoms with Crippen LogP contribution in [0.1, 0.15) is 128 Å². The molecule has 2 aliphatic carbocycles. The number of hydrogen-bond acceptors (Lipinski definition) is 9. The van der Waals surface area contributed by atoms with E-state index in [1.54, 1.807) is 0 Å². The van der Waals surface area contributed by atoms with Gasteiger partial charge in [-0.1, -0.05) is 208 Å². The third kappa shape index (κ3) is 12.3. The lowest BCUT2D eigenvalue weighted by molar-refractivity contribution is 0.103. The van der Waals surface area contributed by atoms with Crippen LogP contribution in [0.25, 0.3) is 110 Å². The highest BCUT2D eigenvalue weighted by Crippen LogP contribution is 2.58. The quantitative estimate of drug-likeness (QED) is 0.159. The first-order valence-corrected chi connectivity index (χ1v) is 39.6. The third-order valence-electron chi connectivity index (χ3n) is 22.0. The van der Waals surface area contributed by atoms with E-state index in [0.29, 0.717) is 33.4 Å². The maximum absolute atomic E-state index is 15.7. The number of nitrogens with one attached hydrogen (secondary N) is 1. The first-order chi connectivity index (χ1) is 53.8. The molecule has 112 heavy (non-hydrogen) atoms. The molecule has 18 aromatic rings. The molecule has 0 bridgehead atoms. The fourth-order valence-electron chi connectivity index (χ4n) is 16.4. The lowest BCUT2D eigenvalue weighted by Crippen LogP contribution is -2.14. The van der Waals surface area contributed by atoms with Gasteiger partial charge in [-0.15, -0.1) is 0 Å². The first-order valence-electron chi connectivity index (χ1n) is 38.1. The second-order valence-electron chi connectivity index (χ2n) is 32.8. The Morgan fingerprint density at radius 1 is 0.295 bits per heavy atom. The van der Waals surface area contributed by atoms with Gasteiger partial charge in [0, 0.05) is 121 Å². The molecular weight excluding hydrogens is 1510 g/mol. The third-order valence-corrected chi connectivity index (χ3v) is 23.2. The van der Waals surface area contributed by atoms with Crippen LogP contribution in [0.2, 0.25) is 0 Å². The van der Waals surface area contributed by atoms with Crippen molar-refractivity contribution in [1.29, 1.82) is 0 Å². The van der Waals surface area contributed by atoms with E-state index in [1.807, 2.05) is 91.0 Å². The molecule has 2 aliphatic rings. The van der Waals surface area contributed by atoms with Crippen molar-refractivity contribution in [2.24, 2.45) is 0 Å². The molecule has 1 N–H and O–H groups in total. The maximum Gasteiger partial charge on any atom is 0.194 e. The molecular formula is C101H81Br2N3O6. The Labute approximate surface area is 667 Å². The number of furan rings is 4. The number of ketones is 2. The molecule has 11 heteroatoms. The molecule has 0 fully saturated rings. The van der Waals surface area contributed by atoms with Crippen LogP contribution >= 0.6 is 31.9 Å². The lowest BCUT2D eigenvalue weighted by atomic mass is 9.87. The molecule has 14 aromatic carbocycles. The van der Waals surface area contributed by atoms with Crippen molar-refractivity contribution in [2.75, 3.05) is 15.1 Å². The highest BCUT2D eigenvalue weighted by Gasteiger charge is 2.40. The summed E-state index contributed by atoms with van der Waals surface area (Å²) in [6.45, 7) is 26.4. The minimum absolute atomic E-state index is 0.00376. The topological polar surface area (TPSA) is 105 Å². The number of rotatable bonds is 8. The Kier molecular flexibility index (Phi) is 17.4. The van der Waals surface area contributed by atoms with Crippen LogP contribution in [-0.2, 0) is 16.2 Å². The molecule has 0 saturated carbocycles. The van der Waals surface area contributed by atoms with Crippen molar-refractivity contribution >= 4 is 177 Å². The summed E-state index contributed by atoms with van der Waals surface area (Å²) in [5, 5.41) is 11.1. The van der Waals surface area contributed by atoms with Crippen LogP contribution in [-0.4, -0.2) is 11.6 Å². The van der Waals surface area contributed by atoms with Crippen LogP contribution < -0.4 is 15.1 Å². The number of halogens is 2. The van der Waals surface area contributed by atoms with Crippen molar-refractivity contribution in [2.45, 2.75) is 99.3 Å². The maximum atomic E-state index is 15.7. The minimum Gasteiger partial charge on any atom is -0.455 e. The van der Waals surface area contributed by atoms with E-state index in [2.05, 4.69) is 306 Å². The van der Waals surface area contributed by atoms with Gasteiger partial charge in [-0.2, -0.15) is 0 Å². The number of anilines is 8. The van der Waals surface area contributed by atoms with Gasteiger partial charge in [0.1, 0.15) is 39.1 Å². The van der Waals surface area contributed by atoms with Gasteiger partial charge in [0.15, 0.2) is 17.1 Å². The van der Waals surface area contributed by atoms with E-state index >= 15 is 4.79 Å². The number of aryl methyl sites for hydroxylation is 3. The van der Waals surface area contributed by atoms with Crippen molar-refractivity contribution < 1.29 is 27.3 Å². The summed E-state index contributed by atoms with van der Waals surface area (Å²) in [5.41, 5.74) is 27.3. The van der Waals surface area contributed by atoms with Gasteiger partial charge < -0.3 is 32.8 Å². The van der Waals surface area contributed by atoms with Gasteiger partial charge in [-0.3, -0.25) is 9.59 Å².